The van der Waals surface area contributed by atoms with Crippen molar-refractivity contribution in [1.82, 2.24) is 9.88 Å². The Morgan fingerprint density at radius 1 is 1.33 bits per heavy atom. The molecule has 0 bridgehead atoms. The maximum atomic E-state index is 9.58. The number of rotatable bonds is 6. The fourth-order valence-electron chi connectivity index (χ4n) is 2.97. The molecule has 0 saturated carbocycles. The highest BCUT2D eigenvalue weighted by Crippen LogP contribution is 2.32. The van der Waals surface area contributed by atoms with Gasteiger partial charge in [-0.25, -0.2) is 4.98 Å². The monoisotopic (exact) mass is 342 g/mol. The molecule has 3 rings (SSSR count). The average Bonchev–Trinajstić information content (AvgIpc) is 2.65. The van der Waals surface area contributed by atoms with Crippen LogP contribution in [0.2, 0.25) is 0 Å². The van der Waals surface area contributed by atoms with Gasteiger partial charge in [0.15, 0.2) is 0 Å². The summed E-state index contributed by atoms with van der Waals surface area (Å²) in [6, 6.07) is 10.3. The van der Waals surface area contributed by atoms with Gasteiger partial charge in [0.25, 0.3) is 0 Å². The number of ether oxygens (including phenoxy) is 1. The third-order valence-corrected chi connectivity index (χ3v) is 4.90. The molecule has 0 radical (unpaired) electrons. The van der Waals surface area contributed by atoms with Crippen molar-refractivity contribution in [2.24, 2.45) is 0 Å². The number of nitrogens with one attached hydrogen (secondary N) is 1. The topological polar surface area (TPSA) is 61.2 Å². The van der Waals surface area contributed by atoms with E-state index < -0.39 is 0 Å². The van der Waals surface area contributed by atoms with Crippen molar-refractivity contribution in [1.29, 1.82) is 5.26 Å². The molecule has 6 heteroatoms. The smallest absolute Gasteiger partial charge is 0.116 e. The van der Waals surface area contributed by atoms with Gasteiger partial charge >= 0.3 is 0 Å². The molecule has 24 heavy (non-hydrogen) atoms. The largest absolute Gasteiger partial charge is 0.383 e. The molecule has 0 amide bonds. The van der Waals surface area contributed by atoms with Crippen LogP contribution in [0.4, 0.5) is 5.69 Å². The predicted molar refractivity (Wildman–Crippen MR) is 98.6 cm³/mol. The van der Waals surface area contributed by atoms with E-state index in [9.17, 15) is 5.26 Å². The van der Waals surface area contributed by atoms with E-state index in [1.54, 1.807) is 0 Å². The normalized spacial score (nSPS) is 15.3. The van der Waals surface area contributed by atoms with E-state index in [0.717, 1.165) is 67.4 Å². The number of hydrogen-bond donors (Lipinski definition) is 1. The Labute approximate surface area is 147 Å². The van der Waals surface area contributed by atoms with Crippen molar-refractivity contribution in [2.45, 2.75) is 11.4 Å². The highest BCUT2D eigenvalue weighted by molar-refractivity contribution is 7.98. The molecule has 0 aliphatic carbocycles. The summed E-state index contributed by atoms with van der Waals surface area (Å²) in [6.45, 7) is 5.58. The van der Waals surface area contributed by atoms with Crippen LogP contribution in [0.3, 0.4) is 0 Å². The maximum absolute atomic E-state index is 9.58. The Bertz CT molecular complexity index is 738. The minimum absolute atomic E-state index is 0.646. The molecule has 0 unspecified atom stereocenters. The van der Waals surface area contributed by atoms with E-state index in [1.165, 1.54) is 11.8 Å². The lowest BCUT2D eigenvalue weighted by atomic mass is 10.1. The molecule has 5 nitrogen and oxygen atoms in total. The Hall–Kier alpha value is -1.81. The molecular weight excluding hydrogens is 320 g/mol. The molecule has 0 spiro atoms. The van der Waals surface area contributed by atoms with Crippen molar-refractivity contribution in [2.75, 3.05) is 51.0 Å². The molecule has 1 saturated heterocycles. The number of morpholine rings is 1. The Morgan fingerprint density at radius 3 is 2.88 bits per heavy atom. The molecule has 1 N–H and O–H groups in total. The first-order chi connectivity index (χ1) is 11.8. The molecule has 2 heterocycles. The van der Waals surface area contributed by atoms with Crippen LogP contribution in [0.5, 0.6) is 0 Å². The summed E-state index contributed by atoms with van der Waals surface area (Å²) in [5.74, 6) is 0. The second-order valence-electron chi connectivity index (χ2n) is 5.73. The molecular formula is C18H22N4OS. The van der Waals surface area contributed by atoms with Gasteiger partial charge in [0, 0.05) is 25.0 Å². The summed E-state index contributed by atoms with van der Waals surface area (Å²) in [6.07, 6.45) is 3.00. The van der Waals surface area contributed by atoms with Crippen LogP contribution < -0.4 is 5.32 Å². The van der Waals surface area contributed by atoms with E-state index in [4.69, 9.17) is 4.74 Å². The molecule has 1 fully saturated rings. The highest BCUT2D eigenvalue weighted by atomic mass is 32.2. The average molecular weight is 342 g/mol. The molecule has 1 aromatic heterocycles. The SMILES string of the molecule is CSc1nc2ccccc2c(NCCCN2CCOCC2)c1C#N. The van der Waals surface area contributed by atoms with Gasteiger partial charge in [-0.05, 0) is 25.3 Å². The van der Waals surface area contributed by atoms with Crippen molar-refractivity contribution < 1.29 is 4.74 Å². The lowest BCUT2D eigenvalue weighted by Crippen LogP contribution is -2.37. The summed E-state index contributed by atoms with van der Waals surface area (Å²) < 4.78 is 5.38. The van der Waals surface area contributed by atoms with E-state index in [0.29, 0.717) is 5.56 Å². The number of nitriles is 1. The van der Waals surface area contributed by atoms with Crippen molar-refractivity contribution in [3.05, 3.63) is 29.8 Å². The minimum atomic E-state index is 0.646. The summed E-state index contributed by atoms with van der Waals surface area (Å²) in [7, 11) is 0. The van der Waals surface area contributed by atoms with Crippen molar-refractivity contribution >= 4 is 28.4 Å². The van der Waals surface area contributed by atoms with Gasteiger partial charge in [0.1, 0.15) is 16.7 Å². The number of para-hydroxylation sites is 1. The molecule has 126 valence electrons. The zero-order valence-electron chi connectivity index (χ0n) is 13.9. The maximum Gasteiger partial charge on any atom is 0.116 e. The lowest BCUT2D eigenvalue weighted by molar-refractivity contribution is 0.0378. The Morgan fingerprint density at radius 2 is 2.12 bits per heavy atom. The third-order valence-electron chi connectivity index (χ3n) is 4.22. The van der Waals surface area contributed by atoms with Crippen LogP contribution in [0.15, 0.2) is 29.3 Å². The van der Waals surface area contributed by atoms with Crippen LogP contribution in [0.1, 0.15) is 12.0 Å². The first-order valence-corrected chi connectivity index (χ1v) is 9.46. The van der Waals surface area contributed by atoms with E-state index >= 15 is 0 Å². The quantitative estimate of drug-likeness (QED) is 0.643. The number of hydrogen-bond acceptors (Lipinski definition) is 6. The number of benzene rings is 1. The van der Waals surface area contributed by atoms with Gasteiger partial charge in [-0.1, -0.05) is 18.2 Å². The fourth-order valence-corrected chi connectivity index (χ4v) is 3.51. The number of thioether (sulfide) groups is 1. The third kappa shape index (κ3) is 3.81. The highest BCUT2D eigenvalue weighted by Gasteiger charge is 2.14. The Balaban J connectivity index is 1.73. The number of nitrogens with zero attached hydrogens (tertiary/aromatic N) is 3. The van der Waals surface area contributed by atoms with Crippen LogP contribution in [0.25, 0.3) is 10.9 Å². The molecule has 1 aromatic carbocycles. The van der Waals surface area contributed by atoms with Gasteiger partial charge in [-0.15, -0.1) is 11.8 Å². The van der Waals surface area contributed by atoms with Crippen molar-refractivity contribution in [3.8, 4) is 6.07 Å². The zero-order valence-corrected chi connectivity index (χ0v) is 14.7. The first-order valence-electron chi connectivity index (χ1n) is 8.24. The van der Waals surface area contributed by atoms with E-state index in [1.807, 2.05) is 30.5 Å². The second-order valence-corrected chi connectivity index (χ2v) is 6.53. The predicted octanol–water partition coefficient (Wildman–Crippen LogP) is 2.96. The molecule has 2 aromatic rings. The van der Waals surface area contributed by atoms with Gasteiger partial charge in [-0.2, -0.15) is 5.26 Å². The number of fused-ring (bicyclic) bond motifs is 1. The van der Waals surface area contributed by atoms with E-state index in [-0.39, 0.29) is 0 Å². The fraction of sp³-hybridized carbons (Fsp3) is 0.444. The van der Waals surface area contributed by atoms with Crippen molar-refractivity contribution in [3.63, 3.8) is 0 Å². The van der Waals surface area contributed by atoms with Crippen LogP contribution in [-0.2, 0) is 4.74 Å². The summed E-state index contributed by atoms with van der Waals surface area (Å²) in [5, 5.41) is 14.9. The number of pyridine rings is 1. The summed E-state index contributed by atoms with van der Waals surface area (Å²) in [5.41, 5.74) is 2.48. The van der Waals surface area contributed by atoms with Crippen LogP contribution in [-0.4, -0.2) is 55.5 Å². The summed E-state index contributed by atoms with van der Waals surface area (Å²) >= 11 is 1.52. The van der Waals surface area contributed by atoms with Gasteiger partial charge in [0.2, 0.25) is 0 Å². The Kier molecular flexibility index (Phi) is 5.91. The standard InChI is InChI=1S/C18H22N4OS/c1-24-18-15(13-19)17(14-5-2-3-6-16(14)21-18)20-7-4-8-22-9-11-23-12-10-22/h2-3,5-6H,4,7-12H2,1H3,(H,20,21). The summed E-state index contributed by atoms with van der Waals surface area (Å²) in [4.78, 5) is 7.03. The molecule has 1 aliphatic heterocycles. The van der Waals surface area contributed by atoms with E-state index in [2.05, 4.69) is 21.3 Å². The van der Waals surface area contributed by atoms with Gasteiger partial charge in [0.05, 0.1) is 24.4 Å². The number of aromatic nitrogens is 1. The zero-order chi connectivity index (χ0) is 16.8. The minimum Gasteiger partial charge on any atom is -0.383 e. The molecule has 0 atom stereocenters. The van der Waals surface area contributed by atoms with Gasteiger partial charge < -0.3 is 10.1 Å². The van der Waals surface area contributed by atoms with Gasteiger partial charge in [-0.3, -0.25) is 4.90 Å². The van der Waals surface area contributed by atoms with Crippen LogP contribution >= 0.6 is 11.8 Å². The lowest BCUT2D eigenvalue weighted by Gasteiger charge is -2.26. The first kappa shape index (κ1) is 17.0. The molecule has 1 aliphatic rings. The van der Waals surface area contributed by atoms with Crippen LogP contribution in [0, 0.1) is 11.3 Å². The number of anilines is 1. The second kappa shape index (κ2) is 8.34.